The molecule has 41 heavy (non-hydrogen) atoms. The lowest BCUT2D eigenvalue weighted by atomic mass is 10.5. The lowest BCUT2D eigenvalue weighted by molar-refractivity contribution is -0.295. The molecule has 1 atom stereocenters. The zero-order chi connectivity index (χ0) is 30.1. The zero-order valence-corrected chi connectivity index (χ0v) is 30.4. The van der Waals surface area contributed by atoms with Gasteiger partial charge in [0.1, 0.15) is 0 Å². The first-order valence-electron chi connectivity index (χ1n) is 13.7. The molecule has 8 nitrogen and oxygen atoms in total. The van der Waals surface area contributed by atoms with Gasteiger partial charge < -0.3 is 14.9 Å². The van der Waals surface area contributed by atoms with Crippen LogP contribution in [0.25, 0.3) is 0 Å². The maximum atomic E-state index is 12.1. The van der Waals surface area contributed by atoms with E-state index in [9.17, 15) is 13.8 Å². The number of hydrogen-bond acceptors (Lipinski definition) is 15. The summed E-state index contributed by atoms with van der Waals surface area (Å²) in [5, 5.41) is 20.4. The number of hydrogen-bond donors (Lipinski definition) is 2. The van der Waals surface area contributed by atoms with Gasteiger partial charge in [-0.25, -0.2) is 9.78 Å². The minimum atomic E-state index is -0.763. The monoisotopic (exact) mass is 732 g/mol. The van der Waals surface area contributed by atoms with Crippen molar-refractivity contribution in [1.29, 1.82) is 0 Å². The highest BCUT2D eigenvalue weighted by Gasteiger charge is 2.05. The SMILES string of the molecule is O=C(CCSCSCCCS(=O)CCSCSCCSC(=O)CCSCSCCCOOCCCO)OCCCO. The highest BCUT2D eigenvalue weighted by Crippen LogP contribution is 2.19. The Balaban J connectivity index is 3.30. The molecule has 0 aliphatic rings. The largest absolute Gasteiger partial charge is 0.466 e. The van der Waals surface area contributed by atoms with E-state index in [0.29, 0.717) is 38.9 Å². The summed E-state index contributed by atoms with van der Waals surface area (Å²) >= 11 is 12.3. The number of rotatable bonds is 33. The summed E-state index contributed by atoms with van der Waals surface area (Å²) < 4.78 is 17.1. The smallest absolute Gasteiger partial charge is 0.306 e. The molecule has 0 saturated carbocycles. The number of aliphatic hydroxyl groups is 2. The molecule has 0 bridgehead atoms. The summed E-state index contributed by atoms with van der Waals surface area (Å²) in [6.07, 6.45) is 3.96. The summed E-state index contributed by atoms with van der Waals surface area (Å²) in [7, 11) is -0.763. The van der Waals surface area contributed by atoms with E-state index in [4.69, 9.17) is 24.7 Å². The first-order chi connectivity index (χ1) is 20.1. The Bertz CT molecular complexity index is 622. The minimum Gasteiger partial charge on any atom is -0.466 e. The fourth-order valence-electron chi connectivity index (χ4n) is 2.49. The molecule has 0 aromatic carbocycles. The van der Waals surface area contributed by atoms with Crippen LogP contribution >= 0.6 is 82.3 Å². The van der Waals surface area contributed by atoms with Gasteiger partial charge in [0.2, 0.25) is 0 Å². The fraction of sp³-hybridized carbons (Fsp3) is 0.920. The van der Waals surface area contributed by atoms with Gasteiger partial charge in [-0.05, 0) is 30.8 Å². The van der Waals surface area contributed by atoms with E-state index < -0.39 is 10.8 Å². The number of carbonyl (C=O) groups excluding carboxylic acids is 2. The highest BCUT2D eigenvalue weighted by molar-refractivity contribution is 8.18. The summed E-state index contributed by atoms with van der Waals surface area (Å²) in [5.74, 6) is 7.57. The van der Waals surface area contributed by atoms with E-state index in [1.54, 1.807) is 23.5 Å². The molecule has 0 aromatic heterocycles. The van der Waals surface area contributed by atoms with Crippen molar-refractivity contribution in [2.45, 2.75) is 38.5 Å². The van der Waals surface area contributed by atoms with Crippen molar-refractivity contribution in [2.75, 3.05) is 100 Å². The molecule has 0 radical (unpaired) electrons. The number of aliphatic hydroxyl groups excluding tert-OH is 2. The van der Waals surface area contributed by atoms with Gasteiger partial charge in [-0.1, -0.05) is 11.8 Å². The molecule has 0 rings (SSSR count). The van der Waals surface area contributed by atoms with Crippen LogP contribution in [0.5, 0.6) is 0 Å². The lowest BCUT2D eigenvalue weighted by Gasteiger charge is -2.05. The van der Waals surface area contributed by atoms with Crippen molar-refractivity contribution in [3.8, 4) is 0 Å². The second-order valence-electron chi connectivity index (χ2n) is 8.10. The third-order valence-electron chi connectivity index (χ3n) is 4.56. The molecule has 0 aliphatic heterocycles. The number of thioether (sulfide) groups is 7. The van der Waals surface area contributed by atoms with Crippen LogP contribution in [-0.4, -0.2) is 126 Å². The van der Waals surface area contributed by atoms with Gasteiger partial charge in [0, 0.05) is 92.4 Å². The molecule has 0 heterocycles. The Morgan fingerprint density at radius 2 is 1.15 bits per heavy atom. The van der Waals surface area contributed by atoms with Crippen molar-refractivity contribution in [1.82, 2.24) is 0 Å². The first kappa shape index (κ1) is 42.6. The second kappa shape index (κ2) is 36.1. The molecule has 0 spiro atoms. The summed E-state index contributed by atoms with van der Waals surface area (Å²) in [5.41, 5.74) is 0. The van der Waals surface area contributed by atoms with Crippen molar-refractivity contribution >= 4 is 104 Å². The molecule has 0 amide bonds. The van der Waals surface area contributed by atoms with Crippen LogP contribution in [0.2, 0.25) is 0 Å². The maximum absolute atomic E-state index is 12.1. The van der Waals surface area contributed by atoms with E-state index in [1.807, 2.05) is 47.0 Å². The van der Waals surface area contributed by atoms with E-state index in [0.717, 1.165) is 79.9 Å². The van der Waals surface area contributed by atoms with E-state index in [1.165, 1.54) is 11.8 Å². The Hall–Kier alpha value is 1.58. The van der Waals surface area contributed by atoms with E-state index in [-0.39, 0.29) is 30.9 Å². The van der Waals surface area contributed by atoms with Gasteiger partial charge >= 0.3 is 5.97 Å². The first-order valence-corrected chi connectivity index (χ1v) is 23.1. The van der Waals surface area contributed by atoms with Gasteiger partial charge in [0.05, 0.1) is 26.2 Å². The fourth-order valence-corrected chi connectivity index (χ4v) is 11.5. The number of carbonyl (C=O) groups is 2. The summed E-state index contributed by atoms with van der Waals surface area (Å²) in [6.45, 7) is 1.43. The molecule has 0 fully saturated rings. The second-order valence-corrected chi connectivity index (χ2v) is 18.7. The minimum absolute atomic E-state index is 0.0384. The Morgan fingerprint density at radius 1 is 0.585 bits per heavy atom. The maximum Gasteiger partial charge on any atom is 0.306 e. The van der Waals surface area contributed by atoms with Crippen LogP contribution in [0.4, 0.5) is 0 Å². The van der Waals surface area contributed by atoms with Crippen molar-refractivity contribution in [3.63, 3.8) is 0 Å². The van der Waals surface area contributed by atoms with Gasteiger partial charge in [-0.3, -0.25) is 13.8 Å². The average Bonchev–Trinajstić information content (AvgIpc) is 2.96. The Kier molecular flexibility index (Phi) is 37.4. The van der Waals surface area contributed by atoms with Crippen LogP contribution in [-0.2, 0) is 34.9 Å². The number of ether oxygens (including phenoxy) is 1. The Labute approximate surface area is 279 Å². The van der Waals surface area contributed by atoms with Gasteiger partial charge in [-0.15, -0.1) is 0 Å². The predicted octanol–water partition coefficient (Wildman–Crippen LogP) is 5.08. The quantitative estimate of drug-likeness (QED) is 0.0307. The average molecular weight is 733 g/mol. The molecule has 0 aliphatic carbocycles. The normalized spacial score (nSPS) is 12.0. The van der Waals surface area contributed by atoms with Crippen molar-refractivity contribution in [3.05, 3.63) is 0 Å². The highest BCUT2D eigenvalue weighted by atomic mass is 32.2. The van der Waals surface area contributed by atoms with Crippen LogP contribution < -0.4 is 0 Å². The van der Waals surface area contributed by atoms with Crippen LogP contribution in [0, 0.1) is 0 Å². The van der Waals surface area contributed by atoms with Crippen LogP contribution in [0.1, 0.15) is 38.5 Å². The lowest BCUT2D eigenvalue weighted by Crippen LogP contribution is -2.07. The molecule has 244 valence electrons. The molecular formula is C25H48O8S8. The summed E-state index contributed by atoms with van der Waals surface area (Å²) in [6, 6.07) is 0. The van der Waals surface area contributed by atoms with Crippen molar-refractivity contribution in [2.24, 2.45) is 0 Å². The van der Waals surface area contributed by atoms with Crippen LogP contribution in [0.3, 0.4) is 0 Å². The third-order valence-corrected chi connectivity index (χ3v) is 14.5. The summed E-state index contributed by atoms with van der Waals surface area (Å²) in [4.78, 5) is 33.4. The third kappa shape index (κ3) is 35.9. The zero-order valence-electron chi connectivity index (χ0n) is 23.9. The van der Waals surface area contributed by atoms with Gasteiger partial charge in [-0.2, -0.15) is 70.6 Å². The topological polar surface area (TPSA) is 119 Å². The standard InChI is InChI=1S/C25H48O8S8/c26-7-1-9-31-24(28)5-14-36-22-35-13-4-19-41(30)20-18-39-23-38-16-17-40-25(29)6-15-37-21-34-12-3-11-33-32-10-2-8-27/h26-27H,1-23H2. The molecule has 0 aromatic rings. The van der Waals surface area contributed by atoms with E-state index in [2.05, 4.69) is 0 Å². The molecule has 0 saturated heterocycles. The molecule has 2 N–H and O–H groups in total. The molecule has 16 heteroatoms. The molecular weight excluding hydrogens is 685 g/mol. The molecule has 1 unspecified atom stereocenters. The number of esters is 1. The van der Waals surface area contributed by atoms with Crippen LogP contribution in [0.15, 0.2) is 0 Å². The van der Waals surface area contributed by atoms with Gasteiger partial charge in [0.15, 0.2) is 5.12 Å². The van der Waals surface area contributed by atoms with Gasteiger partial charge in [0.25, 0.3) is 0 Å². The van der Waals surface area contributed by atoms with E-state index >= 15 is 0 Å². The van der Waals surface area contributed by atoms with Crippen molar-refractivity contribution < 1.29 is 38.5 Å². The predicted molar refractivity (Wildman–Crippen MR) is 189 cm³/mol. The Morgan fingerprint density at radius 3 is 1.85 bits per heavy atom.